The van der Waals surface area contributed by atoms with E-state index < -0.39 is 11.8 Å². The van der Waals surface area contributed by atoms with E-state index in [0.717, 1.165) is 4.47 Å². The Hall–Kier alpha value is -2.15. The highest BCUT2D eigenvalue weighted by Gasteiger charge is 2.12. The molecule has 2 amide bonds. The van der Waals surface area contributed by atoms with Crippen molar-refractivity contribution in [3.8, 4) is 0 Å². The number of hydrazine groups is 1. The topological polar surface area (TPSA) is 84.2 Å². The van der Waals surface area contributed by atoms with Crippen LogP contribution in [0.5, 0.6) is 0 Å². The van der Waals surface area contributed by atoms with E-state index >= 15 is 0 Å². The van der Waals surface area contributed by atoms with Gasteiger partial charge in [-0.1, -0.05) is 21.1 Å². The van der Waals surface area contributed by atoms with E-state index in [-0.39, 0.29) is 5.69 Å². The van der Waals surface area contributed by atoms with Gasteiger partial charge >= 0.3 is 0 Å². The zero-order valence-corrected chi connectivity index (χ0v) is 11.5. The molecule has 7 heteroatoms. The first-order valence-electron chi connectivity index (χ1n) is 5.36. The Bertz CT molecular complexity index is 607. The third-order valence-electron chi connectivity index (χ3n) is 2.26. The monoisotopic (exact) mass is 323 g/mol. The first kappa shape index (κ1) is 13.3. The Balaban J connectivity index is 1.93. The average molecular weight is 324 g/mol. The Kier molecular flexibility index (Phi) is 3.96. The number of aromatic nitrogens is 1. The lowest BCUT2D eigenvalue weighted by Crippen LogP contribution is -2.41. The molecule has 0 fully saturated rings. The Morgan fingerprint density at radius 2 is 1.79 bits per heavy atom. The van der Waals surface area contributed by atoms with Gasteiger partial charge in [0.1, 0.15) is 5.76 Å². The molecule has 0 aliphatic carbocycles. The maximum Gasteiger partial charge on any atom is 0.291 e. The minimum atomic E-state index is -0.540. The second-order valence-corrected chi connectivity index (χ2v) is 4.65. The van der Waals surface area contributed by atoms with Crippen LogP contribution in [0.4, 0.5) is 0 Å². The summed E-state index contributed by atoms with van der Waals surface area (Å²) in [6, 6.07) is 8.20. The van der Waals surface area contributed by atoms with Gasteiger partial charge in [0.25, 0.3) is 11.8 Å². The van der Waals surface area contributed by atoms with Crippen LogP contribution in [-0.4, -0.2) is 17.0 Å². The summed E-state index contributed by atoms with van der Waals surface area (Å²) in [4.78, 5) is 23.3. The second-order valence-electron chi connectivity index (χ2n) is 3.74. The van der Waals surface area contributed by atoms with E-state index in [4.69, 9.17) is 4.52 Å². The predicted octanol–water partition coefficient (Wildman–Crippen LogP) is 1.82. The standard InChI is InChI=1S/C12H10BrN3O3/c1-7-6-10(16-19-7)12(18)15-14-11(17)8-2-4-9(13)5-3-8/h2-6H,1H3,(H,14,17)(H,15,18). The molecule has 1 aromatic carbocycles. The lowest BCUT2D eigenvalue weighted by Gasteiger charge is -2.05. The van der Waals surface area contributed by atoms with E-state index in [2.05, 4.69) is 31.9 Å². The summed E-state index contributed by atoms with van der Waals surface area (Å²) in [5.41, 5.74) is 5.08. The molecular weight excluding hydrogens is 314 g/mol. The van der Waals surface area contributed by atoms with Crippen LogP contribution in [0.25, 0.3) is 0 Å². The van der Waals surface area contributed by atoms with Crippen LogP contribution < -0.4 is 10.9 Å². The van der Waals surface area contributed by atoms with Gasteiger partial charge in [-0.15, -0.1) is 0 Å². The zero-order valence-electron chi connectivity index (χ0n) is 9.94. The van der Waals surface area contributed by atoms with E-state index in [1.54, 1.807) is 31.2 Å². The van der Waals surface area contributed by atoms with Crippen LogP contribution in [0, 0.1) is 6.92 Å². The smallest absolute Gasteiger partial charge is 0.291 e. The Morgan fingerprint density at radius 1 is 1.16 bits per heavy atom. The van der Waals surface area contributed by atoms with Crippen molar-refractivity contribution < 1.29 is 14.1 Å². The molecule has 98 valence electrons. The molecular formula is C12H10BrN3O3. The Morgan fingerprint density at radius 3 is 2.37 bits per heavy atom. The number of benzene rings is 1. The average Bonchev–Trinajstić information content (AvgIpc) is 2.83. The summed E-state index contributed by atoms with van der Waals surface area (Å²) in [5.74, 6) is -0.437. The number of halogens is 1. The minimum absolute atomic E-state index is 0.105. The van der Waals surface area contributed by atoms with Crippen LogP contribution in [0.3, 0.4) is 0 Å². The van der Waals surface area contributed by atoms with Gasteiger partial charge in [0, 0.05) is 16.1 Å². The number of nitrogens with zero attached hydrogens (tertiary/aromatic N) is 1. The summed E-state index contributed by atoms with van der Waals surface area (Å²) < 4.78 is 5.63. The van der Waals surface area contributed by atoms with Crippen molar-refractivity contribution in [2.45, 2.75) is 6.92 Å². The SMILES string of the molecule is Cc1cc(C(=O)NNC(=O)c2ccc(Br)cc2)no1. The molecule has 0 bridgehead atoms. The molecule has 0 unspecified atom stereocenters. The largest absolute Gasteiger partial charge is 0.361 e. The number of hydrogen-bond acceptors (Lipinski definition) is 4. The van der Waals surface area contributed by atoms with Crippen LogP contribution in [-0.2, 0) is 0 Å². The normalized spacial score (nSPS) is 10.0. The van der Waals surface area contributed by atoms with Gasteiger partial charge in [-0.2, -0.15) is 0 Å². The van der Waals surface area contributed by atoms with E-state index in [1.165, 1.54) is 6.07 Å². The minimum Gasteiger partial charge on any atom is -0.361 e. The molecule has 2 N–H and O–H groups in total. The summed E-state index contributed by atoms with van der Waals surface area (Å²) in [6.45, 7) is 1.67. The number of carbonyl (C=O) groups is 2. The summed E-state index contributed by atoms with van der Waals surface area (Å²) >= 11 is 3.27. The van der Waals surface area contributed by atoms with Gasteiger partial charge < -0.3 is 4.52 Å². The van der Waals surface area contributed by atoms with Gasteiger partial charge in [-0.3, -0.25) is 20.4 Å². The number of carbonyl (C=O) groups excluding carboxylic acids is 2. The third kappa shape index (κ3) is 3.41. The van der Waals surface area contributed by atoms with E-state index in [0.29, 0.717) is 11.3 Å². The fourth-order valence-electron chi connectivity index (χ4n) is 1.32. The first-order chi connectivity index (χ1) is 9.06. The van der Waals surface area contributed by atoms with Gasteiger partial charge in [0.2, 0.25) is 0 Å². The molecule has 1 aromatic heterocycles. The lowest BCUT2D eigenvalue weighted by molar-refractivity contribution is 0.0841. The number of amides is 2. The molecule has 2 rings (SSSR count). The molecule has 0 aliphatic rings. The summed E-state index contributed by atoms with van der Waals surface area (Å²) in [5, 5.41) is 3.53. The van der Waals surface area contributed by atoms with Gasteiger partial charge in [-0.05, 0) is 31.2 Å². The number of hydrogen-bond donors (Lipinski definition) is 2. The number of nitrogens with one attached hydrogen (secondary N) is 2. The highest BCUT2D eigenvalue weighted by atomic mass is 79.9. The highest BCUT2D eigenvalue weighted by Crippen LogP contribution is 2.10. The van der Waals surface area contributed by atoms with Crippen molar-refractivity contribution in [1.82, 2.24) is 16.0 Å². The van der Waals surface area contributed by atoms with E-state index in [1.807, 2.05) is 0 Å². The second kappa shape index (κ2) is 5.66. The van der Waals surface area contributed by atoms with Crippen LogP contribution >= 0.6 is 15.9 Å². The highest BCUT2D eigenvalue weighted by molar-refractivity contribution is 9.10. The summed E-state index contributed by atoms with van der Waals surface area (Å²) in [7, 11) is 0. The van der Waals surface area contributed by atoms with Gasteiger partial charge in [-0.25, -0.2) is 0 Å². The number of rotatable bonds is 2. The van der Waals surface area contributed by atoms with Crippen molar-refractivity contribution in [3.05, 3.63) is 51.8 Å². The molecule has 0 radical (unpaired) electrons. The molecule has 0 atom stereocenters. The molecule has 0 aliphatic heterocycles. The van der Waals surface area contributed by atoms with Crippen molar-refractivity contribution in [2.24, 2.45) is 0 Å². The molecule has 1 heterocycles. The number of aryl methyl sites for hydroxylation is 1. The van der Waals surface area contributed by atoms with Crippen LogP contribution in [0.2, 0.25) is 0 Å². The van der Waals surface area contributed by atoms with Crippen LogP contribution in [0.15, 0.2) is 39.3 Å². The summed E-state index contributed by atoms with van der Waals surface area (Å²) in [6.07, 6.45) is 0. The van der Waals surface area contributed by atoms with Crippen LogP contribution in [0.1, 0.15) is 26.6 Å². The van der Waals surface area contributed by atoms with Crippen molar-refractivity contribution in [3.63, 3.8) is 0 Å². The van der Waals surface area contributed by atoms with Gasteiger partial charge in [0.15, 0.2) is 5.69 Å². The first-order valence-corrected chi connectivity index (χ1v) is 6.15. The molecule has 6 nitrogen and oxygen atoms in total. The van der Waals surface area contributed by atoms with Crippen molar-refractivity contribution >= 4 is 27.7 Å². The van der Waals surface area contributed by atoms with Crippen molar-refractivity contribution in [2.75, 3.05) is 0 Å². The molecule has 2 aromatic rings. The fraction of sp³-hybridized carbons (Fsp3) is 0.0833. The lowest BCUT2D eigenvalue weighted by atomic mass is 10.2. The van der Waals surface area contributed by atoms with Crippen molar-refractivity contribution in [1.29, 1.82) is 0 Å². The Labute approximate surface area is 117 Å². The zero-order chi connectivity index (χ0) is 13.8. The molecule has 0 saturated carbocycles. The third-order valence-corrected chi connectivity index (χ3v) is 2.79. The maximum atomic E-state index is 11.7. The fourth-order valence-corrected chi connectivity index (χ4v) is 1.59. The molecule has 0 saturated heterocycles. The van der Waals surface area contributed by atoms with E-state index in [9.17, 15) is 9.59 Å². The molecule has 19 heavy (non-hydrogen) atoms. The molecule has 0 spiro atoms. The predicted molar refractivity (Wildman–Crippen MR) is 70.3 cm³/mol. The quantitative estimate of drug-likeness (QED) is 0.826. The van der Waals surface area contributed by atoms with Gasteiger partial charge in [0.05, 0.1) is 0 Å². The maximum absolute atomic E-state index is 11.7.